The van der Waals surface area contributed by atoms with E-state index < -0.39 is 22.0 Å². The molecular weight excluding hydrogens is 622 g/mol. The van der Waals surface area contributed by atoms with Gasteiger partial charge in [0, 0.05) is 42.6 Å². The van der Waals surface area contributed by atoms with Crippen molar-refractivity contribution in [3.05, 3.63) is 65.7 Å². The molecule has 1 amide bonds. The summed E-state index contributed by atoms with van der Waals surface area (Å²) in [6, 6.07) is 7.15. The van der Waals surface area contributed by atoms with Gasteiger partial charge in [-0.25, -0.2) is 13.1 Å². The van der Waals surface area contributed by atoms with Crippen LogP contribution in [0, 0.1) is 11.8 Å². The number of sulfonamides is 1. The van der Waals surface area contributed by atoms with Crippen LogP contribution in [0.4, 0.5) is 0 Å². The molecule has 4 rings (SSSR count). The predicted molar refractivity (Wildman–Crippen MR) is 170 cm³/mol. The van der Waals surface area contributed by atoms with Gasteiger partial charge in [-0.05, 0) is 75.6 Å². The molecule has 248 valence electrons. The van der Waals surface area contributed by atoms with Crippen molar-refractivity contribution in [2.45, 2.75) is 82.6 Å². The molecule has 1 saturated carbocycles. The van der Waals surface area contributed by atoms with Gasteiger partial charge in [-0.3, -0.25) is 9.59 Å². The highest BCUT2D eigenvalue weighted by molar-refractivity contribution is 7.89. The van der Waals surface area contributed by atoms with E-state index in [1.807, 2.05) is 29.0 Å². The number of rotatable bonds is 15. The Kier molecular flexibility index (Phi) is 14.1. The Balaban J connectivity index is 1.44. The van der Waals surface area contributed by atoms with Gasteiger partial charge in [-0.2, -0.15) is 0 Å². The predicted octanol–water partition coefficient (Wildman–Crippen LogP) is 5.27. The van der Waals surface area contributed by atoms with E-state index in [1.54, 1.807) is 30.3 Å². The first-order chi connectivity index (χ1) is 21.7. The second kappa shape index (κ2) is 18.0. The third kappa shape index (κ3) is 12.6. The lowest BCUT2D eigenvalue weighted by Gasteiger charge is -2.29. The molecule has 6 atom stereocenters. The molecule has 0 aromatic heterocycles. The lowest BCUT2D eigenvalue weighted by molar-refractivity contribution is -0.192. The molecule has 1 aromatic rings. The first-order valence-corrected chi connectivity index (χ1v) is 17.9. The second-order valence-corrected chi connectivity index (χ2v) is 13.7. The molecular formula is C33H44ClNO9S. The Morgan fingerprint density at radius 1 is 1.04 bits per heavy atom. The molecule has 2 unspecified atom stereocenters. The van der Waals surface area contributed by atoms with Gasteiger partial charge in [-0.1, -0.05) is 42.0 Å². The zero-order valence-corrected chi connectivity index (χ0v) is 27.3. The molecule has 3 fully saturated rings. The lowest BCUT2D eigenvalue weighted by atomic mass is 9.90. The van der Waals surface area contributed by atoms with Crippen LogP contribution >= 0.6 is 11.6 Å². The molecule has 1 N–H and O–H groups in total. The van der Waals surface area contributed by atoms with Crippen LogP contribution in [0.5, 0.6) is 5.75 Å². The van der Waals surface area contributed by atoms with Crippen molar-refractivity contribution in [1.82, 2.24) is 4.72 Å². The molecule has 10 nitrogen and oxygen atoms in total. The summed E-state index contributed by atoms with van der Waals surface area (Å²) < 4.78 is 54.6. The minimum Gasteiger partial charge on any atom is -0.491 e. The number of allylic oxidation sites excluding steroid dienone is 3. The number of ketones is 1. The quantitative estimate of drug-likeness (QED) is 0.197. The summed E-state index contributed by atoms with van der Waals surface area (Å²) in [5, 5.41) is 0.623. The van der Waals surface area contributed by atoms with Crippen LogP contribution in [-0.4, -0.2) is 71.0 Å². The molecule has 45 heavy (non-hydrogen) atoms. The van der Waals surface area contributed by atoms with Crippen LogP contribution < -0.4 is 9.46 Å². The fourth-order valence-electron chi connectivity index (χ4n) is 5.58. The largest absolute Gasteiger partial charge is 0.491 e. The molecule has 2 saturated heterocycles. The van der Waals surface area contributed by atoms with E-state index in [4.69, 9.17) is 35.3 Å². The number of nitrogens with one attached hydrogen (secondary N) is 1. The van der Waals surface area contributed by atoms with E-state index in [1.165, 1.54) is 6.08 Å². The molecule has 12 heteroatoms. The van der Waals surface area contributed by atoms with Gasteiger partial charge in [0.15, 0.2) is 12.6 Å². The Morgan fingerprint density at radius 3 is 2.42 bits per heavy atom. The van der Waals surface area contributed by atoms with E-state index in [-0.39, 0.29) is 49.3 Å². The third-order valence-electron chi connectivity index (χ3n) is 7.80. The van der Waals surface area contributed by atoms with E-state index in [9.17, 15) is 18.0 Å². The molecule has 1 aliphatic carbocycles. The Labute approximate surface area is 271 Å². The minimum atomic E-state index is -3.61. The zero-order chi connectivity index (χ0) is 32.1. The Hall–Kier alpha value is -2.54. The fraction of sp³-hybridized carbons (Fsp3) is 0.576. The maximum Gasteiger partial charge on any atom is 0.257 e. The number of benzene rings is 1. The van der Waals surface area contributed by atoms with Crippen LogP contribution in [0.3, 0.4) is 0 Å². The van der Waals surface area contributed by atoms with Crippen molar-refractivity contribution >= 4 is 33.3 Å². The smallest absolute Gasteiger partial charge is 0.257 e. The maximum absolute atomic E-state index is 13.3. The number of ether oxygens (including phenoxy) is 5. The first-order valence-electron chi connectivity index (χ1n) is 15.6. The average molecular weight is 666 g/mol. The van der Waals surface area contributed by atoms with Crippen LogP contribution in [0.25, 0.3) is 0 Å². The average Bonchev–Trinajstić information content (AvgIpc) is 3.30. The third-order valence-corrected chi connectivity index (χ3v) is 8.62. The van der Waals surface area contributed by atoms with Crippen molar-refractivity contribution < 1.29 is 41.7 Å². The number of carbonyl (C=O) groups excluding carboxylic acids is 2. The van der Waals surface area contributed by atoms with Crippen LogP contribution in [0.1, 0.15) is 57.8 Å². The minimum absolute atomic E-state index is 0.115. The number of hydrogen-bond acceptors (Lipinski definition) is 9. The van der Waals surface area contributed by atoms with Crippen molar-refractivity contribution in [1.29, 1.82) is 0 Å². The van der Waals surface area contributed by atoms with Gasteiger partial charge < -0.3 is 23.7 Å². The van der Waals surface area contributed by atoms with Gasteiger partial charge >= 0.3 is 0 Å². The molecule has 0 radical (unpaired) electrons. The number of Topliss-reactive ketones (excluding diaryl/α,β-unsaturated/α-hetero) is 1. The number of halogens is 1. The normalized spacial score (nSPS) is 27.0. The molecule has 0 bridgehead atoms. The number of carbonyl (C=O) groups is 2. The Bertz CT molecular complexity index is 1290. The van der Waals surface area contributed by atoms with E-state index in [2.05, 4.69) is 0 Å². The first kappa shape index (κ1) is 35.3. The molecule has 2 heterocycles. The summed E-state index contributed by atoms with van der Waals surface area (Å²) in [6.07, 6.45) is 16.8. The maximum atomic E-state index is 13.3. The van der Waals surface area contributed by atoms with E-state index >= 15 is 0 Å². The SMILES string of the molecule is CS(=O)(=O)NC(=O)/C=C/C/C=C\C[C@H]1C(=O)C[C@@H](OC2CCCCO2)[C@@H]1/C=C/[C@H](COc1ccc(Cl)cc1)OC1CCCCO1. The van der Waals surface area contributed by atoms with E-state index in [0.29, 0.717) is 36.8 Å². The van der Waals surface area contributed by atoms with Gasteiger partial charge in [0.25, 0.3) is 5.91 Å². The lowest BCUT2D eigenvalue weighted by Crippen LogP contribution is -2.32. The monoisotopic (exact) mass is 665 g/mol. The fourth-order valence-corrected chi connectivity index (χ4v) is 6.14. The van der Waals surface area contributed by atoms with Gasteiger partial charge in [0.1, 0.15) is 24.2 Å². The van der Waals surface area contributed by atoms with E-state index in [0.717, 1.165) is 44.8 Å². The van der Waals surface area contributed by atoms with Crippen molar-refractivity contribution in [2.24, 2.45) is 11.8 Å². The standard InChI is InChI=1S/C33H44ClNO9S/c1-45(38,39)35-31(37)11-5-3-2-4-10-27-28(30(22-29(27)36)44-33-13-7-9-21-41-33)19-18-26(43-32-12-6-8-20-40-32)23-42-25-16-14-24(34)15-17-25/h2,4-5,11,14-19,26-28,30,32-33H,3,6-10,12-13,20-23H2,1H3,(H,35,37)/b4-2-,11-5+,19-18+/t26-,27-,28-,30-,32?,33?/m1/s1. The van der Waals surface area contributed by atoms with Gasteiger partial charge in [0.2, 0.25) is 10.0 Å². The summed E-state index contributed by atoms with van der Waals surface area (Å²) in [4.78, 5) is 24.9. The molecule has 0 spiro atoms. The van der Waals surface area contributed by atoms with Crippen molar-refractivity contribution in [3.63, 3.8) is 0 Å². The van der Waals surface area contributed by atoms with Gasteiger partial charge in [0.05, 0.1) is 12.4 Å². The van der Waals surface area contributed by atoms with Crippen LogP contribution in [-0.2, 0) is 38.6 Å². The summed E-state index contributed by atoms with van der Waals surface area (Å²) >= 11 is 6.03. The zero-order valence-electron chi connectivity index (χ0n) is 25.7. The molecule has 3 aliphatic rings. The van der Waals surface area contributed by atoms with Crippen molar-refractivity contribution in [2.75, 3.05) is 26.1 Å². The number of amides is 1. The summed E-state index contributed by atoms with van der Waals surface area (Å²) in [6.45, 7) is 1.55. The van der Waals surface area contributed by atoms with Crippen LogP contribution in [0.2, 0.25) is 5.02 Å². The summed E-state index contributed by atoms with van der Waals surface area (Å²) in [5.41, 5.74) is 0. The topological polar surface area (TPSA) is 126 Å². The second-order valence-electron chi connectivity index (χ2n) is 11.5. The Morgan fingerprint density at radius 2 is 1.76 bits per heavy atom. The summed E-state index contributed by atoms with van der Waals surface area (Å²) in [7, 11) is -3.61. The highest BCUT2D eigenvalue weighted by Gasteiger charge is 2.42. The number of hydrogen-bond donors (Lipinski definition) is 1. The highest BCUT2D eigenvalue weighted by Crippen LogP contribution is 2.37. The molecule has 2 aliphatic heterocycles. The van der Waals surface area contributed by atoms with Crippen LogP contribution in [0.15, 0.2) is 60.7 Å². The van der Waals surface area contributed by atoms with Gasteiger partial charge in [-0.15, -0.1) is 0 Å². The van der Waals surface area contributed by atoms with Crippen molar-refractivity contribution in [3.8, 4) is 5.75 Å². The molecule has 1 aromatic carbocycles. The highest BCUT2D eigenvalue weighted by atomic mass is 35.5. The summed E-state index contributed by atoms with van der Waals surface area (Å²) in [5.74, 6) is -0.445.